The molecule has 3 heterocycles. The number of methoxy groups -OCH3 is 1. The van der Waals surface area contributed by atoms with E-state index in [2.05, 4.69) is 19.7 Å². The van der Waals surface area contributed by atoms with Crippen molar-refractivity contribution in [2.24, 2.45) is 0 Å². The molecule has 0 aliphatic rings. The molecule has 3 aromatic rings. The third kappa shape index (κ3) is 2.64. The molecular weight excluding hydrogens is 286 g/mol. The Hall–Kier alpha value is -3.22. The summed E-state index contributed by atoms with van der Waals surface area (Å²) in [6.07, 6.45) is 6.22. The Morgan fingerprint density at radius 2 is 2.18 bits per heavy atom. The van der Waals surface area contributed by atoms with Gasteiger partial charge in [0.2, 0.25) is 5.76 Å². The van der Waals surface area contributed by atoms with E-state index in [4.69, 9.17) is 4.42 Å². The van der Waals surface area contributed by atoms with Gasteiger partial charge in [-0.2, -0.15) is 0 Å². The lowest BCUT2D eigenvalue weighted by Crippen LogP contribution is -2.09. The zero-order valence-electron chi connectivity index (χ0n) is 11.6. The molecule has 0 atom stereocenters. The topological polar surface area (TPSA) is 98.1 Å². The molecule has 1 N–H and O–H groups in total. The van der Waals surface area contributed by atoms with Gasteiger partial charge in [0.05, 0.1) is 24.2 Å². The number of hydrogen-bond acceptors (Lipinski definition) is 6. The highest BCUT2D eigenvalue weighted by molar-refractivity contribution is 5.86. The highest BCUT2D eigenvalue weighted by Crippen LogP contribution is 2.12. The Balaban J connectivity index is 1.91. The minimum absolute atomic E-state index is 0.103. The summed E-state index contributed by atoms with van der Waals surface area (Å²) in [5, 5.41) is 0.470. The number of carbonyl (C=O) groups excluding carboxylic acids is 1. The smallest absolute Gasteiger partial charge is 0.373 e. The molecule has 7 heteroatoms. The molecule has 0 fully saturated rings. The number of pyridine rings is 1. The van der Waals surface area contributed by atoms with E-state index in [0.717, 1.165) is 0 Å². The van der Waals surface area contributed by atoms with Gasteiger partial charge < -0.3 is 14.1 Å². The first-order chi connectivity index (χ1) is 10.7. The molecule has 0 aliphatic heterocycles. The average Bonchev–Trinajstić information content (AvgIpc) is 3.01. The molecule has 0 radical (unpaired) electrons. The van der Waals surface area contributed by atoms with Crippen molar-refractivity contribution in [3.8, 4) is 0 Å². The highest BCUT2D eigenvalue weighted by Gasteiger charge is 2.09. The van der Waals surface area contributed by atoms with E-state index in [1.54, 1.807) is 24.3 Å². The van der Waals surface area contributed by atoms with Crippen molar-refractivity contribution in [3.63, 3.8) is 0 Å². The maximum Gasteiger partial charge on any atom is 0.373 e. The quantitative estimate of drug-likeness (QED) is 0.741. The van der Waals surface area contributed by atoms with E-state index >= 15 is 0 Å². The van der Waals surface area contributed by atoms with Crippen molar-refractivity contribution in [2.75, 3.05) is 7.11 Å². The first kappa shape index (κ1) is 13.7. The number of aromatic amines is 1. The molecule has 22 heavy (non-hydrogen) atoms. The van der Waals surface area contributed by atoms with Crippen molar-refractivity contribution < 1.29 is 13.9 Å². The zero-order chi connectivity index (χ0) is 15.5. The van der Waals surface area contributed by atoms with Crippen LogP contribution in [0.4, 0.5) is 0 Å². The SMILES string of the molecule is COC(=O)c1ccc(/C=C/c2nc3cnccc3c(=O)[nH]2)o1. The summed E-state index contributed by atoms with van der Waals surface area (Å²) in [5.41, 5.74) is 0.252. The van der Waals surface area contributed by atoms with Gasteiger partial charge in [-0.05, 0) is 30.4 Å². The fraction of sp³-hybridized carbons (Fsp3) is 0.0667. The number of furan rings is 1. The van der Waals surface area contributed by atoms with Crippen LogP contribution in [0.5, 0.6) is 0 Å². The maximum atomic E-state index is 11.9. The van der Waals surface area contributed by atoms with E-state index < -0.39 is 5.97 Å². The molecule has 0 amide bonds. The van der Waals surface area contributed by atoms with Crippen LogP contribution in [0.1, 0.15) is 22.1 Å². The molecule has 3 rings (SSSR count). The number of nitrogens with one attached hydrogen (secondary N) is 1. The summed E-state index contributed by atoms with van der Waals surface area (Å²) in [7, 11) is 1.28. The molecule has 0 bridgehead atoms. The van der Waals surface area contributed by atoms with Gasteiger partial charge in [0.15, 0.2) is 0 Å². The molecule has 110 valence electrons. The van der Waals surface area contributed by atoms with Crippen molar-refractivity contribution >= 4 is 29.0 Å². The Bertz CT molecular complexity index is 924. The number of hydrogen-bond donors (Lipinski definition) is 1. The Morgan fingerprint density at radius 3 is 3.00 bits per heavy atom. The lowest BCUT2D eigenvalue weighted by atomic mass is 10.3. The van der Waals surface area contributed by atoms with Crippen molar-refractivity contribution in [2.45, 2.75) is 0 Å². The summed E-state index contributed by atoms with van der Waals surface area (Å²) in [4.78, 5) is 34.0. The van der Waals surface area contributed by atoms with E-state index in [1.165, 1.54) is 25.6 Å². The van der Waals surface area contributed by atoms with Gasteiger partial charge in [-0.1, -0.05) is 0 Å². The van der Waals surface area contributed by atoms with E-state index in [-0.39, 0.29) is 11.3 Å². The summed E-state index contributed by atoms with van der Waals surface area (Å²) < 4.78 is 9.84. The Morgan fingerprint density at radius 1 is 1.32 bits per heavy atom. The summed E-state index contributed by atoms with van der Waals surface area (Å²) in [6, 6.07) is 4.72. The van der Waals surface area contributed by atoms with E-state index in [0.29, 0.717) is 22.5 Å². The van der Waals surface area contributed by atoms with Gasteiger partial charge in [0, 0.05) is 6.20 Å². The lowest BCUT2D eigenvalue weighted by Gasteiger charge is -1.97. The van der Waals surface area contributed by atoms with Crippen LogP contribution in [0.3, 0.4) is 0 Å². The van der Waals surface area contributed by atoms with Gasteiger partial charge >= 0.3 is 5.97 Å². The fourth-order valence-electron chi connectivity index (χ4n) is 1.90. The first-order valence-electron chi connectivity index (χ1n) is 6.37. The number of esters is 1. The number of fused-ring (bicyclic) bond motifs is 1. The first-order valence-corrected chi connectivity index (χ1v) is 6.37. The maximum absolute atomic E-state index is 11.9. The third-order valence-corrected chi connectivity index (χ3v) is 2.95. The normalized spacial score (nSPS) is 11.1. The van der Waals surface area contributed by atoms with E-state index in [1.807, 2.05) is 0 Å². The van der Waals surface area contributed by atoms with Gasteiger partial charge in [0.25, 0.3) is 5.56 Å². The predicted octanol–water partition coefficient (Wildman–Crippen LogP) is 1.87. The molecule has 0 aliphatic carbocycles. The molecule has 7 nitrogen and oxygen atoms in total. The Kier molecular flexibility index (Phi) is 3.53. The predicted molar refractivity (Wildman–Crippen MR) is 79.1 cm³/mol. The van der Waals surface area contributed by atoms with Crippen LogP contribution >= 0.6 is 0 Å². The third-order valence-electron chi connectivity index (χ3n) is 2.95. The second-order valence-corrected chi connectivity index (χ2v) is 4.37. The van der Waals surface area contributed by atoms with Gasteiger partial charge in [-0.3, -0.25) is 9.78 Å². The molecular formula is C15H11N3O4. The molecule has 0 saturated carbocycles. The van der Waals surface area contributed by atoms with Gasteiger partial charge in [-0.15, -0.1) is 0 Å². The minimum atomic E-state index is -0.553. The highest BCUT2D eigenvalue weighted by atomic mass is 16.5. The van der Waals surface area contributed by atoms with Crippen molar-refractivity contribution in [1.29, 1.82) is 0 Å². The van der Waals surface area contributed by atoms with Crippen LogP contribution in [0.2, 0.25) is 0 Å². The second kappa shape index (κ2) is 5.65. The largest absolute Gasteiger partial charge is 0.463 e. The van der Waals surface area contributed by atoms with Gasteiger partial charge in [-0.25, -0.2) is 9.78 Å². The summed E-state index contributed by atoms with van der Waals surface area (Å²) in [5.74, 6) is 0.352. The minimum Gasteiger partial charge on any atom is -0.463 e. The summed E-state index contributed by atoms with van der Waals surface area (Å²) in [6.45, 7) is 0. The van der Waals surface area contributed by atoms with Crippen LogP contribution in [0.15, 0.2) is 39.8 Å². The molecule has 0 saturated heterocycles. The second-order valence-electron chi connectivity index (χ2n) is 4.37. The molecule has 0 spiro atoms. The zero-order valence-corrected chi connectivity index (χ0v) is 11.6. The van der Waals surface area contributed by atoms with Gasteiger partial charge in [0.1, 0.15) is 11.6 Å². The molecule has 0 aromatic carbocycles. The van der Waals surface area contributed by atoms with Crippen molar-refractivity contribution in [1.82, 2.24) is 15.0 Å². The van der Waals surface area contributed by atoms with Crippen LogP contribution in [0, 0.1) is 0 Å². The number of nitrogens with zero attached hydrogens (tertiary/aromatic N) is 2. The van der Waals surface area contributed by atoms with Crippen LogP contribution < -0.4 is 5.56 Å². The number of H-pyrrole nitrogens is 1. The van der Waals surface area contributed by atoms with Crippen LogP contribution in [-0.4, -0.2) is 28.0 Å². The number of ether oxygens (including phenoxy) is 1. The average molecular weight is 297 g/mol. The van der Waals surface area contributed by atoms with Crippen molar-refractivity contribution in [3.05, 3.63) is 58.3 Å². The summed E-state index contributed by atoms with van der Waals surface area (Å²) >= 11 is 0. The fourth-order valence-corrected chi connectivity index (χ4v) is 1.90. The molecule has 3 aromatic heterocycles. The Labute approximate surface area is 124 Å². The monoisotopic (exact) mass is 297 g/mol. The van der Waals surface area contributed by atoms with E-state index in [9.17, 15) is 9.59 Å². The van der Waals surface area contributed by atoms with Crippen LogP contribution in [-0.2, 0) is 4.74 Å². The number of rotatable bonds is 3. The van der Waals surface area contributed by atoms with Crippen LogP contribution in [0.25, 0.3) is 23.1 Å². The number of carbonyl (C=O) groups is 1. The molecule has 0 unspecified atom stereocenters. The standard InChI is InChI=1S/C15H11N3O4/c1-21-15(20)12-4-2-9(22-12)3-5-13-17-11-8-16-7-6-10(11)14(19)18-13/h2-8H,1H3,(H,17,18,19)/b5-3+. The lowest BCUT2D eigenvalue weighted by molar-refractivity contribution is 0.0564. The number of aromatic nitrogens is 3.